The van der Waals surface area contributed by atoms with E-state index in [1.807, 2.05) is 63.8 Å². The zero-order chi connectivity index (χ0) is 27.2. The van der Waals surface area contributed by atoms with E-state index in [0.717, 1.165) is 66.1 Å². The molecule has 1 amide bonds. The Morgan fingerprint density at radius 1 is 1.05 bits per heavy atom. The number of hydrogen-bond donors (Lipinski definition) is 3. The van der Waals surface area contributed by atoms with Gasteiger partial charge in [-0.1, -0.05) is 30.3 Å². The highest BCUT2D eigenvalue weighted by Gasteiger charge is 2.29. The fourth-order valence-corrected chi connectivity index (χ4v) is 6.18. The summed E-state index contributed by atoms with van der Waals surface area (Å²) >= 11 is 0. The van der Waals surface area contributed by atoms with Crippen LogP contribution in [-0.2, 0) is 13.0 Å². The number of nitrogen functional groups attached to an aromatic ring is 1. The van der Waals surface area contributed by atoms with Crippen LogP contribution < -0.4 is 21.9 Å². The highest BCUT2D eigenvalue weighted by Crippen LogP contribution is 2.36. The van der Waals surface area contributed by atoms with Crippen molar-refractivity contribution in [3.63, 3.8) is 0 Å². The van der Waals surface area contributed by atoms with E-state index in [1.165, 1.54) is 6.33 Å². The molecule has 40 heavy (non-hydrogen) atoms. The average molecular weight is 535 g/mol. The normalized spacial score (nSPS) is 15.4. The summed E-state index contributed by atoms with van der Waals surface area (Å²) in [4.78, 5) is 31.1. The van der Waals surface area contributed by atoms with E-state index in [9.17, 15) is 9.59 Å². The van der Waals surface area contributed by atoms with E-state index in [-0.39, 0.29) is 11.1 Å². The second-order valence-corrected chi connectivity index (χ2v) is 10.4. The maximum Gasteiger partial charge on any atom is 0.284 e. The summed E-state index contributed by atoms with van der Waals surface area (Å²) in [5.74, 6) is 0.428. The van der Waals surface area contributed by atoms with Crippen LogP contribution in [0.2, 0.25) is 0 Å². The van der Waals surface area contributed by atoms with Gasteiger partial charge in [0, 0.05) is 29.4 Å². The first-order valence-corrected chi connectivity index (χ1v) is 13.7. The number of nitrogens with two attached hydrogens (primary N) is 1. The van der Waals surface area contributed by atoms with E-state index in [2.05, 4.69) is 26.8 Å². The molecule has 5 aromatic rings. The number of nitrogens with zero attached hydrogens (tertiary/aromatic N) is 5. The minimum Gasteiger partial charge on any atom is -0.382 e. The number of para-hydroxylation sites is 1. The van der Waals surface area contributed by atoms with Crippen molar-refractivity contribution >= 4 is 22.9 Å². The van der Waals surface area contributed by atoms with E-state index < -0.39 is 5.91 Å². The number of rotatable bonds is 5. The Bertz CT molecular complexity index is 1780. The summed E-state index contributed by atoms with van der Waals surface area (Å²) in [5, 5.41) is 10.9. The zero-order valence-corrected chi connectivity index (χ0v) is 22.0. The predicted octanol–water partition coefficient (Wildman–Crippen LogP) is 3.60. The van der Waals surface area contributed by atoms with Crippen LogP contribution >= 0.6 is 0 Å². The zero-order valence-electron chi connectivity index (χ0n) is 22.0. The highest BCUT2D eigenvalue weighted by atomic mass is 16.2. The highest BCUT2D eigenvalue weighted by molar-refractivity contribution is 6.05. The van der Waals surface area contributed by atoms with Gasteiger partial charge in [0.25, 0.3) is 11.5 Å². The van der Waals surface area contributed by atoms with Crippen LogP contribution in [0.4, 0.5) is 11.5 Å². The van der Waals surface area contributed by atoms with Crippen LogP contribution in [0.3, 0.4) is 0 Å². The van der Waals surface area contributed by atoms with Crippen molar-refractivity contribution in [3.8, 4) is 16.8 Å². The quantitative estimate of drug-likeness (QED) is 0.317. The average Bonchev–Trinajstić information content (AvgIpc) is 3.67. The number of piperidine rings is 1. The molecule has 0 aliphatic carbocycles. The molecule has 1 fully saturated rings. The first-order chi connectivity index (χ1) is 19.6. The van der Waals surface area contributed by atoms with Gasteiger partial charge in [-0.3, -0.25) is 14.3 Å². The Morgan fingerprint density at radius 3 is 2.60 bits per heavy atom. The lowest BCUT2D eigenvalue weighted by Gasteiger charge is -2.22. The minimum atomic E-state index is -0.391. The van der Waals surface area contributed by atoms with Gasteiger partial charge in [0.2, 0.25) is 0 Å². The van der Waals surface area contributed by atoms with Gasteiger partial charge in [-0.05, 0) is 74.7 Å². The molecule has 10 nitrogen and oxygen atoms in total. The van der Waals surface area contributed by atoms with Crippen LogP contribution in [0.5, 0.6) is 0 Å². The number of benzene rings is 2. The standard InChI is InChI=1S/C30H30N8O2/c31-28-27-23(17-25(37(27)34-18-33-28)20-12-14-32-15-13-20)19-8-10-21(11-9-19)35-29(39)26-24-7-4-16-36(24)38(30(26)40)22-5-2-1-3-6-22/h1-3,5-6,8-11,17-18,20,32H,4,7,12-16H2,(H,35,39)(H2,31,33,34). The molecular formula is C30H30N8O2. The molecule has 5 heterocycles. The summed E-state index contributed by atoms with van der Waals surface area (Å²) < 4.78 is 5.47. The molecule has 0 atom stereocenters. The number of carbonyl (C=O) groups excluding carboxylic acids is 1. The summed E-state index contributed by atoms with van der Waals surface area (Å²) in [6, 6.07) is 19.2. The topological polar surface area (TPSA) is 124 Å². The van der Waals surface area contributed by atoms with Crippen LogP contribution in [0.15, 0.2) is 71.8 Å². The second-order valence-electron chi connectivity index (χ2n) is 10.4. The third-order valence-electron chi connectivity index (χ3n) is 8.08. The monoisotopic (exact) mass is 534 g/mol. The molecule has 0 bridgehead atoms. The van der Waals surface area contributed by atoms with Crippen molar-refractivity contribution in [2.45, 2.75) is 38.1 Å². The van der Waals surface area contributed by atoms with Crippen molar-refractivity contribution in [1.82, 2.24) is 29.3 Å². The molecule has 0 radical (unpaired) electrons. The summed E-state index contributed by atoms with van der Waals surface area (Å²) in [5.41, 5.74) is 12.2. The molecule has 0 unspecified atom stereocenters. The van der Waals surface area contributed by atoms with Crippen molar-refractivity contribution in [2.24, 2.45) is 0 Å². The molecule has 0 saturated carbocycles. The Kier molecular flexibility index (Phi) is 5.96. The molecule has 4 N–H and O–H groups in total. The number of carbonyl (C=O) groups is 1. The van der Waals surface area contributed by atoms with Crippen molar-refractivity contribution in [2.75, 3.05) is 24.1 Å². The number of nitrogens with one attached hydrogen (secondary N) is 2. The van der Waals surface area contributed by atoms with Gasteiger partial charge in [-0.15, -0.1) is 0 Å². The van der Waals surface area contributed by atoms with Gasteiger partial charge in [0.1, 0.15) is 17.4 Å². The van der Waals surface area contributed by atoms with Crippen molar-refractivity contribution in [1.29, 1.82) is 0 Å². The second kappa shape index (κ2) is 9.80. The van der Waals surface area contributed by atoms with E-state index >= 15 is 0 Å². The SMILES string of the molecule is Nc1ncnn2c(C3CCNCC3)cc(-c3ccc(NC(=O)c4c5n(n(-c6ccccc6)c4=O)CCC5)cc3)c12. The number of amides is 1. The summed E-state index contributed by atoms with van der Waals surface area (Å²) in [7, 11) is 0. The van der Waals surface area contributed by atoms with Crippen LogP contribution in [0.1, 0.15) is 46.9 Å². The molecule has 3 aromatic heterocycles. The maximum absolute atomic E-state index is 13.4. The Morgan fingerprint density at radius 2 is 1.82 bits per heavy atom. The molecule has 0 spiro atoms. The lowest BCUT2D eigenvalue weighted by Crippen LogP contribution is -2.27. The smallest absolute Gasteiger partial charge is 0.284 e. The Hall–Kier alpha value is -4.70. The van der Waals surface area contributed by atoms with Gasteiger partial charge in [-0.25, -0.2) is 14.2 Å². The molecule has 2 aliphatic rings. The number of anilines is 2. The summed E-state index contributed by atoms with van der Waals surface area (Å²) in [6.45, 7) is 2.66. The fraction of sp³-hybridized carbons (Fsp3) is 0.267. The maximum atomic E-state index is 13.4. The molecular weight excluding hydrogens is 504 g/mol. The lowest BCUT2D eigenvalue weighted by molar-refractivity contribution is 0.102. The first kappa shape index (κ1) is 24.3. The predicted molar refractivity (Wildman–Crippen MR) is 154 cm³/mol. The molecule has 2 aliphatic heterocycles. The van der Waals surface area contributed by atoms with Crippen LogP contribution in [0.25, 0.3) is 22.3 Å². The van der Waals surface area contributed by atoms with E-state index in [4.69, 9.17) is 5.73 Å². The molecule has 10 heteroatoms. The van der Waals surface area contributed by atoms with Gasteiger partial charge in [-0.2, -0.15) is 5.10 Å². The van der Waals surface area contributed by atoms with Crippen molar-refractivity contribution < 1.29 is 4.79 Å². The van der Waals surface area contributed by atoms with E-state index in [0.29, 0.717) is 30.4 Å². The molecule has 7 rings (SSSR count). The largest absolute Gasteiger partial charge is 0.382 e. The number of aromatic nitrogens is 5. The number of fused-ring (bicyclic) bond motifs is 2. The Labute approximate surface area is 230 Å². The third kappa shape index (κ3) is 3.99. The minimum absolute atomic E-state index is 0.209. The third-order valence-corrected chi connectivity index (χ3v) is 8.08. The van der Waals surface area contributed by atoms with Crippen molar-refractivity contribution in [3.05, 3.63) is 94.3 Å². The van der Waals surface area contributed by atoms with Gasteiger partial charge < -0.3 is 16.4 Å². The van der Waals surface area contributed by atoms with Gasteiger partial charge in [0.15, 0.2) is 5.82 Å². The van der Waals surface area contributed by atoms with Gasteiger partial charge in [0.05, 0.1) is 11.4 Å². The molecule has 202 valence electrons. The number of hydrogen-bond acceptors (Lipinski definition) is 6. The first-order valence-electron chi connectivity index (χ1n) is 13.7. The Balaban J connectivity index is 1.20. The summed E-state index contributed by atoms with van der Waals surface area (Å²) in [6.07, 6.45) is 5.17. The van der Waals surface area contributed by atoms with Crippen LogP contribution in [-0.4, -0.2) is 43.0 Å². The van der Waals surface area contributed by atoms with Gasteiger partial charge >= 0.3 is 0 Å². The van der Waals surface area contributed by atoms with E-state index in [1.54, 1.807) is 4.68 Å². The molecule has 1 saturated heterocycles. The van der Waals surface area contributed by atoms with Crippen LogP contribution in [0, 0.1) is 0 Å². The fourth-order valence-electron chi connectivity index (χ4n) is 6.18. The lowest BCUT2D eigenvalue weighted by atomic mass is 9.94. The molecule has 2 aromatic carbocycles.